The number of Topliss-reactive ketones (excluding diaryl/α,β-unsaturated/α-hetero) is 2. The van der Waals surface area contributed by atoms with Gasteiger partial charge in [0.2, 0.25) is 0 Å². The molecule has 1 aliphatic carbocycles. The van der Waals surface area contributed by atoms with E-state index in [0.717, 1.165) is 28.2 Å². The molecule has 0 N–H and O–H groups in total. The monoisotopic (exact) mass is 457 g/mol. The average molecular weight is 458 g/mol. The lowest BCUT2D eigenvalue weighted by Gasteiger charge is -2.25. The van der Waals surface area contributed by atoms with Crippen molar-refractivity contribution >= 4 is 34.7 Å². The summed E-state index contributed by atoms with van der Waals surface area (Å²) in [5.41, 5.74) is 6.08. The molecule has 0 spiro atoms. The Morgan fingerprint density at radius 2 is 1.11 bits per heavy atom. The molecular weight excluding hydrogens is 430 g/mol. The first-order valence-electron chi connectivity index (χ1n) is 11.8. The Morgan fingerprint density at radius 1 is 0.600 bits per heavy atom. The lowest BCUT2D eigenvalue weighted by molar-refractivity contribution is 0.0990. The minimum Gasteiger partial charge on any atom is -0.311 e. The topological polar surface area (TPSA) is 37.4 Å². The maximum absolute atomic E-state index is 13.1. The number of nitrogens with zero attached hydrogens (tertiary/aromatic N) is 1. The third-order valence-corrected chi connectivity index (χ3v) is 6.36. The van der Waals surface area contributed by atoms with Crippen molar-refractivity contribution < 1.29 is 9.59 Å². The van der Waals surface area contributed by atoms with E-state index in [1.165, 1.54) is 0 Å². The van der Waals surface area contributed by atoms with Crippen LogP contribution in [0.1, 0.15) is 52.6 Å². The lowest BCUT2D eigenvalue weighted by atomic mass is 9.85. The number of benzene rings is 4. The van der Waals surface area contributed by atoms with Crippen LogP contribution in [0.4, 0.5) is 17.1 Å². The molecular formula is C32H27NO2. The van der Waals surface area contributed by atoms with Crippen LogP contribution in [0.5, 0.6) is 0 Å². The molecule has 0 fully saturated rings. The molecule has 0 saturated carbocycles. The maximum Gasteiger partial charge on any atom is 0.197 e. The van der Waals surface area contributed by atoms with Crippen molar-refractivity contribution in [2.24, 2.45) is 0 Å². The highest BCUT2D eigenvalue weighted by Crippen LogP contribution is 2.35. The number of carbonyl (C=O) groups excluding carboxylic acids is 2. The van der Waals surface area contributed by atoms with Gasteiger partial charge in [0.15, 0.2) is 11.6 Å². The molecule has 0 aromatic heterocycles. The molecule has 0 saturated heterocycles. The molecule has 0 bridgehead atoms. The first kappa shape index (κ1) is 22.5. The fraction of sp³-hybridized carbons (Fsp3) is 0.125. The predicted octanol–water partition coefficient (Wildman–Crippen LogP) is 7.92. The molecule has 35 heavy (non-hydrogen) atoms. The van der Waals surface area contributed by atoms with Gasteiger partial charge < -0.3 is 4.90 Å². The van der Waals surface area contributed by atoms with Gasteiger partial charge >= 0.3 is 0 Å². The fourth-order valence-electron chi connectivity index (χ4n) is 4.41. The van der Waals surface area contributed by atoms with Gasteiger partial charge in [0.25, 0.3) is 0 Å². The molecule has 0 atom stereocenters. The molecule has 0 amide bonds. The zero-order valence-electron chi connectivity index (χ0n) is 20.2. The number of carbonyl (C=O) groups is 2. The minimum atomic E-state index is -0.204. The number of allylic oxidation sites excluding steroid dienone is 1. The second-order valence-corrected chi connectivity index (χ2v) is 9.82. The first-order valence-corrected chi connectivity index (χ1v) is 11.8. The Bertz CT molecular complexity index is 1390. The molecule has 4 aromatic carbocycles. The standard InChI is InChI=1S/C32H27NO2/c1-32(2,3)23-16-19-27-28(21-23)31(35)29(30(27)34)20-22-14-17-26(18-15-22)33(24-10-6-4-7-11-24)25-12-8-5-9-13-25/h4-21H,1-3H3/b29-20-. The zero-order chi connectivity index (χ0) is 24.6. The third-order valence-electron chi connectivity index (χ3n) is 6.36. The van der Waals surface area contributed by atoms with Gasteiger partial charge in [-0.1, -0.05) is 75.4 Å². The van der Waals surface area contributed by atoms with Crippen LogP contribution in [0.15, 0.2) is 109 Å². The van der Waals surface area contributed by atoms with Crippen molar-refractivity contribution in [3.05, 3.63) is 131 Å². The van der Waals surface area contributed by atoms with Crippen LogP contribution in [0.2, 0.25) is 0 Å². The zero-order valence-corrected chi connectivity index (χ0v) is 20.2. The Labute approximate surface area is 206 Å². The fourth-order valence-corrected chi connectivity index (χ4v) is 4.41. The van der Waals surface area contributed by atoms with Crippen LogP contribution in [0, 0.1) is 0 Å². The highest BCUT2D eigenvalue weighted by atomic mass is 16.2. The SMILES string of the molecule is CC(C)(C)c1ccc2c(c1)C(=O)/C(=C\c1ccc(N(c3ccccc3)c3ccccc3)cc1)C2=O. The van der Waals surface area contributed by atoms with Crippen LogP contribution in [-0.2, 0) is 5.41 Å². The summed E-state index contributed by atoms with van der Waals surface area (Å²) in [5, 5.41) is 0. The summed E-state index contributed by atoms with van der Waals surface area (Å²) in [7, 11) is 0. The van der Waals surface area contributed by atoms with E-state index < -0.39 is 0 Å². The van der Waals surface area contributed by atoms with Gasteiger partial charge in [0, 0.05) is 28.2 Å². The summed E-state index contributed by atoms with van der Waals surface area (Å²) in [6.45, 7) is 6.30. The molecule has 3 nitrogen and oxygen atoms in total. The van der Waals surface area contributed by atoms with Gasteiger partial charge in [-0.3, -0.25) is 9.59 Å². The summed E-state index contributed by atoms with van der Waals surface area (Å²) in [6, 6.07) is 33.9. The summed E-state index contributed by atoms with van der Waals surface area (Å²) in [6.07, 6.45) is 1.71. The Hall–Kier alpha value is -4.24. The molecule has 5 rings (SSSR count). The van der Waals surface area contributed by atoms with E-state index in [2.05, 4.69) is 49.9 Å². The average Bonchev–Trinajstić information content (AvgIpc) is 3.10. The molecule has 4 aromatic rings. The van der Waals surface area contributed by atoms with Crippen LogP contribution in [0.25, 0.3) is 6.08 Å². The van der Waals surface area contributed by atoms with Crippen molar-refractivity contribution in [1.29, 1.82) is 0 Å². The molecule has 172 valence electrons. The van der Waals surface area contributed by atoms with Gasteiger partial charge in [0.1, 0.15) is 0 Å². The Morgan fingerprint density at radius 3 is 1.66 bits per heavy atom. The number of rotatable bonds is 4. The van der Waals surface area contributed by atoms with Crippen molar-refractivity contribution in [3.63, 3.8) is 0 Å². The number of hydrogen-bond acceptors (Lipinski definition) is 3. The first-order chi connectivity index (χ1) is 16.8. The van der Waals surface area contributed by atoms with Crippen molar-refractivity contribution in [1.82, 2.24) is 0 Å². The summed E-state index contributed by atoms with van der Waals surface area (Å²) in [4.78, 5) is 28.3. The second kappa shape index (κ2) is 8.84. The molecule has 0 aliphatic heterocycles. The Kier molecular flexibility index (Phi) is 5.70. The number of anilines is 3. The van der Waals surface area contributed by atoms with Gasteiger partial charge in [-0.05, 0) is 71.1 Å². The van der Waals surface area contributed by atoms with Crippen molar-refractivity contribution in [2.45, 2.75) is 26.2 Å². The predicted molar refractivity (Wildman–Crippen MR) is 143 cm³/mol. The van der Waals surface area contributed by atoms with Crippen LogP contribution >= 0.6 is 0 Å². The molecule has 0 heterocycles. The van der Waals surface area contributed by atoms with Gasteiger partial charge in [-0.25, -0.2) is 0 Å². The van der Waals surface area contributed by atoms with Gasteiger partial charge in [-0.15, -0.1) is 0 Å². The molecule has 3 heteroatoms. The summed E-state index contributed by atoms with van der Waals surface area (Å²) in [5.74, 6) is -0.403. The van der Waals surface area contributed by atoms with Gasteiger partial charge in [0.05, 0.1) is 5.57 Å². The normalized spacial score (nSPS) is 14.3. The van der Waals surface area contributed by atoms with Crippen LogP contribution in [-0.4, -0.2) is 11.6 Å². The van der Waals surface area contributed by atoms with E-state index in [0.29, 0.717) is 11.1 Å². The lowest BCUT2D eigenvalue weighted by Crippen LogP contribution is -2.12. The van der Waals surface area contributed by atoms with Gasteiger partial charge in [-0.2, -0.15) is 0 Å². The molecule has 0 radical (unpaired) electrons. The largest absolute Gasteiger partial charge is 0.311 e. The van der Waals surface area contributed by atoms with E-state index in [-0.39, 0.29) is 22.6 Å². The summed E-state index contributed by atoms with van der Waals surface area (Å²) < 4.78 is 0. The highest BCUT2D eigenvalue weighted by Gasteiger charge is 2.34. The number of para-hydroxylation sites is 2. The molecule has 0 unspecified atom stereocenters. The van der Waals surface area contributed by atoms with Crippen LogP contribution in [0.3, 0.4) is 0 Å². The van der Waals surface area contributed by atoms with E-state index >= 15 is 0 Å². The van der Waals surface area contributed by atoms with Crippen LogP contribution < -0.4 is 4.90 Å². The quantitative estimate of drug-likeness (QED) is 0.231. The number of ketones is 2. The highest BCUT2D eigenvalue weighted by molar-refractivity contribution is 6.41. The van der Waals surface area contributed by atoms with Crippen molar-refractivity contribution in [2.75, 3.05) is 4.90 Å². The smallest absolute Gasteiger partial charge is 0.197 e. The maximum atomic E-state index is 13.1. The van der Waals surface area contributed by atoms with E-state index in [1.807, 2.05) is 72.8 Å². The van der Waals surface area contributed by atoms with Crippen molar-refractivity contribution in [3.8, 4) is 0 Å². The molecule has 1 aliphatic rings. The third kappa shape index (κ3) is 4.33. The second-order valence-electron chi connectivity index (χ2n) is 9.82. The van der Waals surface area contributed by atoms with E-state index in [4.69, 9.17) is 0 Å². The minimum absolute atomic E-state index is 0.0932. The number of hydrogen-bond donors (Lipinski definition) is 0. The number of fused-ring (bicyclic) bond motifs is 1. The summed E-state index contributed by atoms with van der Waals surface area (Å²) >= 11 is 0. The van der Waals surface area contributed by atoms with E-state index in [9.17, 15) is 9.59 Å². The Balaban J connectivity index is 1.48. The van der Waals surface area contributed by atoms with E-state index in [1.54, 1.807) is 12.1 Å².